The highest BCUT2D eigenvalue weighted by molar-refractivity contribution is 7.99. The van der Waals surface area contributed by atoms with E-state index in [1.165, 1.54) is 11.8 Å². The summed E-state index contributed by atoms with van der Waals surface area (Å²) in [5.41, 5.74) is 6.58. The first-order valence-electron chi connectivity index (χ1n) is 9.82. The molecule has 3 aromatic rings. The topological polar surface area (TPSA) is 94.1 Å². The molecule has 1 aliphatic heterocycles. The van der Waals surface area contributed by atoms with E-state index in [2.05, 4.69) is 26.9 Å². The Bertz CT molecular complexity index is 1000. The van der Waals surface area contributed by atoms with E-state index in [0.717, 1.165) is 29.1 Å². The van der Waals surface area contributed by atoms with E-state index < -0.39 is 0 Å². The van der Waals surface area contributed by atoms with Gasteiger partial charge in [-0.25, -0.2) is 0 Å². The van der Waals surface area contributed by atoms with Gasteiger partial charge in [0.2, 0.25) is 11.8 Å². The van der Waals surface area contributed by atoms with Crippen molar-refractivity contribution in [2.75, 3.05) is 18.8 Å². The second-order valence-electron chi connectivity index (χ2n) is 7.23. The van der Waals surface area contributed by atoms with Gasteiger partial charge in [-0.3, -0.25) is 14.2 Å². The Balaban J connectivity index is 1.49. The van der Waals surface area contributed by atoms with E-state index in [1.807, 2.05) is 35.7 Å². The van der Waals surface area contributed by atoms with Crippen molar-refractivity contribution in [3.8, 4) is 10.7 Å². The minimum absolute atomic E-state index is 0.00196. The van der Waals surface area contributed by atoms with Crippen molar-refractivity contribution in [2.24, 2.45) is 11.7 Å². The van der Waals surface area contributed by atoms with Crippen molar-refractivity contribution in [1.82, 2.24) is 19.7 Å². The van der Waals surface area contributed by atoms with Crippen molar-refractivity contribution in [3.05, 3.63) is 53.4 Å². The SMILES string of the molecule is NC(=O)C1CCCN(C(=O)CSc2nnc(-c3cccs3)n2Cc2ccccc2)C1. The van der Waals surface area contributed by atoms with Gasteiger partial charge in [-0.15, -0.1) is 21.5 Å². The van der Waals surface area contributed by atoms with Crippen molar-refractivity contribution in [3.63, 3.8) is 0 Å². The monoisotopic (exact) mass is 441 g/mol. The number of thiophene rings is 1. The fraction of sp³-hybridized carbons (Fsp3) is 0.333. The van der Waals surface area contributed by atoms with Crippen LogP contribution in [0, 0.1) is 5.92 Å². The van der Waals surface area contributed by atoms with Gasteiger partial charge in [0.1, 0.15) is 0 Å². The lowest BCUT2D eigenvalue weighted by atomic mass is 9.97. The Labute approximate surface area is 183 Å². The molecule has 0 bridgehead atoms. The summed E-state index contributed by atoms with van der Waals surface area (Å²) >= 11 is 2.99. The third-order valence-corrected chi connectivity index (χ3v) is 6.96. The zero-order valence-electron chi connectivity index (χ0n) is 16.4. The minimum Gasteiger partial charge on any atom is -0.369 e. The smallest absolute Gasteiger partial charge is 0.233 e. The van der Waals surface area contributed by atoms with Gasteiger partial charge in [-0.1, -0.05) is 48.2 Å². The normalized spacial score (nSPS) is 16.5. The Morgan fingerprint density at radius 3 is 2.73 bits per heavy atom. The molecule has 2 amide bonds. The maximum Gasteiger partial charge on any atom is 0.233 e. The number of rotatable bonds is 7. The molecule has 1 unspecified atom stereocenters. The van der Waals surface area contributed by atoms with Gasteiger partial charge >= 0.3 is 0 Å². The molecule has 1 saturated heterocycles. The van der Waals surface area contributed by atoms with E-state index in [4.69, 9.17) is 5.73 Å². The summed E-state index contributed by atoms with van der Waals surface area (Å²) in [6.45, 7) is 1.71. The number of carbonyl (C=O) groups excluding carboxylic acids is 2. The molecule has 156 valence electrons. The number of carbonyl (C=O) groups is 2. The summed E-state index contributed by atoms with van der Waals surface area (Å²) in [6.07, 6.45) is 1.55. The predicted molar refractivity (Wildman–Crippen MR) is 118 cm³/mol. The summed E-state index contributed by atoms with van der Waals surface area (Å²) in [4.78, 5) is 27.0. The minimum atomic E-state index is -0.330. The summed E-state index contributed by atoms with van der Waals surface area (Å²) in [5.74, 6) is 0.472. The van der Waals surface area contributed by atoms with E-state index in [0.29, 0.717) is 24.8 Å². The maximum atomic E-state index is 12.7. The molecular formula is C21H23N5O2S2. The zero-order chi connectivity index (χ0) is 20.9. The van der Waals surface area contributed by atoms with Crippen molar-refractivity contribution in [2.45, 2.75) is 24.5 Å². The lowest BCUT2D eigenvalue weighted by Crippen LogP contribution is -2.44. The van der Waals surface area contributed by atoms with Crippen LogP contribution in [0.2, 0.25) is 0 Å². The zero-order valence-corrected chi connectivity index (χ0v) is 18.1. The fourth-order valence-corrected chi connectivity index (χ4v) is 5.10. The van der Waals surface area contributed by atoms with Gasteiger partial charge in [0.05, 0.1) is 23.1 Å². The average molecular weight is 442 g/mol. The number of piperidine rings is 1. The van der Waals surface area contributed by atoms with Crippen LogP contribution in [0.5, 0.6) is 0 Å². The molecule has 7 nitrogen and oxygen atoms in total. The van der Waals surface area contributed by atoms with Gasteiger partial charge in [-0.2, -0.15) is 0 Å². The second-order valence-corrected chi connectivity index (χ2v) is 9.12. The van der Waals surface area contributed by atoms with Crippen molar-refractivity contribution < 1.29 is 9.59 Å². The molecule has 1 atom stereocenters. The third kappa shape index (κ3) is 4.73. The predicted octanol–water partition coefficient (Wildman–Crippen LogP) is 2.87. The molecule has 1 fully saturated rings. The molecule has 0 saturated carbocycles. The first-order chi connectivity index (χ1) is 14.6. The molecule has 9 heteroatoms. The number of aromatic nitrogens is 3. The molecule has 0 radical (unpaired) electrons. The number of amides is 2. The van der Waals surface area contributed by atoms with Crippen LogP contribution in [-0.4, -0.2) is 50.3 Å². The molecule has 1 aliphatic rings. The number of hydrogen-bond acceptors (Lipinski definition) is 6. The van der Waals surface area contributed by atoms with Crippen LogP contribution in [0.15, 0.2) is 53.0 Å². The van der Waals surface area contributed by atoms with Crippen LogP contribution in [0.1, 0.15) is 18.4 Å². The largest absolute Gasteiger partial charge is 0.369 e. The first kappa shape index (κ1) is 20.6. The Morgan fingerprint density at radius 1 is 1.17 bits per heavy atom. The lowest BCUT2D eigenvalue weighted by Gasteiger charge is -2.31. The molecule has 2 aromatic heterocycles. The van der Waals surface area contributed by atoms with E-state index in [-0.39, 0.29) is 23.5 Å². The van der Waals surface area contributed by atoms with Crippen LogP contribution < -0.4 is 5.73 Å². The molecule has 3 heterocycles. The second kappa shape index (κ2) is 9.44. The fourth-order valence-electron chi connectivity index (χ4n) is 3.55. The summed E-state index contributed by atoms with van der Waals surface area (Å²) in [7, 11) is 0. The molecule has 0 spiro atoms. The summed E-state index contributed by atoms with van der Waals surface area (Å²) < 4.78 is 2.06. The van der Waals surface area contributed by atoms with Gasteiger partial charge in [0.25, 0.3) is 0 Å². The number of thioether (sulfide) groups is 1. The molecule has 30 heavy (non-hydrogen) atoms. The van der Waals surface area contributed by atoms with E-state index in [9.17, 15) is 9.59 Å². The van der Waals surface area contributed by atoms with Crippen LogP contribution in [0.4, 0.5) is 0 Å². The van der Waals surface area contributed by atoms with Crippen LogP contribution in [0.25, 0.3) is 10.7 Å². The lowest BCUT2D eigenvalue weighted by molar-refractivity contribution is -0.132. The summed E-state index contributed by atoms with van der Waals surface area (Å²) in [5, 5.41) is 11.5. The number of benzene rings is 1. The van der Waals surface area contributed by atoms with Gasteiger partial charge in [0, 0.05) is 13.1 Å². The van der Waals surface area contributed by atoms with E-state index in [1.54, 1.807) is 16.2 Å². The Kier molecular flexibility index (Phi) is 6.49. The third-order valence-electron chi connectivity index (χ3n) is 5.14. The number of likely N-dealkylation sites (tertiary alicyclic amines) is 1. The highest BCUT2D eigenvalue weighted by Gasteiger charge is 2.27. The molecule has 2 N–H and O–H groups in total. The quantitative estimate of drug-likeness (QED) is 0.569. The maximum absolute atomic E-state index is 12.7. The molecule has 4 rings (SSSR count). The number of nitrogens with zero attached hydrogens (tertiary/aromatic N) is 4. The summed E-state index contributed by atoms with van der Waals surface area (Å²) in [6, 6.07) is 14.1. The van der Waals surface area contributed by atoms with Crippen LogP contribution in [-0.2, 0) is 16.1 Å². The van der Waals surface area contributed by atoms with Gasteiger partial charge in [-0.05, 0) is 29.9 Å². The molecule has 1 aromatic carbocycles. The first-order valence-corrected chi connectivity index (χ1v) is 11.7. The van der Waals surface area contributed by atoms with Crippen LogP contribution >= 0.6 is 23.1 Å². The Hall–Kier alpha value is -2.65. The molecule has 0 aliphatic carbocycles. The highest BCUT2D eigenvalue weighted by Crippen LogP contribution is 2.28. The Morgan fingerprint density at radius 2 is 2.00 bits per heavy atom. The van der Waals surface area contributed by atoms with Crippen molar-refractivity contribution >= 4 is 34.9 Å². The van der Waals surface area contributed by atoms with E-state index >= 15 is 0 Å². The van der Waals surface area contributed by atoms with Crippen molar-refractivity contribution in [1.29, 1.82) is 0 Å². The standard InChI is InChI=1S/C21H23N5O2S2/c22-19(28)16-8-4-10-25(13-16)18(27)14-30-21-24-23-20(17-9-5-11-29-17)26(21)12-15-6-2-1-3-7-15/h1-3,5-7,9,11,16H,4,8,10,12-14H2,(H2,22,28). The van der Waals surface area contributed by atoms with Crippen LogP contribution in [0.3, 0.4) is 0 Å². The van der Waals surface area contributed by atoms with Gasteiger partial charge < -0.3 is 10.6 Å². The number of nitrogens with two attached hydrogens (primary N) is 1. The average Bonchev–Trinajstić information content (AvgIpc) is 3.43. The van der Waals surface area contributed by atoms with Gasteiger partial charge in [0.15, 0.2) is 11.0 Å². The number of hydrogen-bond donors (Lipinski definition) is 1. The number of primary amides is 1. The highest BCUT2D eigenvalue weighted by atomic mass is 32.2. The molecular weight excluding hydrogens is 418 g/mol.